The predicted molar refractivity (Wildman–Crippen MR) is 78.8 cm³/mol. The largest absolute Gasteiger partial charge is 0.480 e. The fourth-order valence-corrected chi connectivity index (χ4v) is 1.96. The van der Waals surface area contributed by atoms with Crippen LogP contribution in [0.5, 0.6) is 0 Å². The molecule has 1 aromatic carbocycles. The number of hydrogen-bond acceptors (Lipinski definition) is 3. The Labute approximate surface area is 119 Å². The molecule has 5 heteroatoms. The van der Waals surface area contributed by atoms with Crippen molar-refractivity contribution >= 4 is 17.6 Å². The second-order valence-corrected chi connectivity index (χ2v) is 5.31. The molecule has 0 bridgehead atoms. The molecule has 0 aromatic heterocycles. The number of rotatable bonds is 6. The van der Waals surface area contributed by atoms with E-state index in [1.165, 1.54) is 0 Å². The van der Waals surface area contributed by atoms with Gasteiger partial charge in [-0.25, -0.2) is 0 Å². The average molecular weight is 278 g/mol. The van der Waals surface area contributed by atoms with E-state index in [2.05, 4.69) is 10.6 Å². The molecule has 1 atom stereocenters. The molecule has 1 aromatic rings. The average Bonchev–Trinajstić information content (AvgIpc) is 2.32. The Bertz CT molecular complexity index is 498. The first kappa shape index (κ1) is 16.2. The van der Waals surface area contributed by atoms with Crippen LogP contribution in [0.3, 0.4) is 0 Å². The summed E-state index contributed by atoms with van der Waals surface area (Å²) in [6.07, 6.45) is 0. The van der Waals surface area contributed by atoms with Gasteiger partial charge in [0.05, 0.1) is 6.54 Å². The van der Waals surface area contributed by atoms with Crippen LogP contribution in [0, 0.1) is 19.8 Å². The molecule has 0 saturated heterocycles. The molecule has 0 saturated carbocycles. The van der Waals surface area contributed by atoms with Crippen LogP contribution >= 0.6 is 0 Å². The van der Waals surface area contributed by atoms with Gasteiger partial charge in [0.25, 0.3) is 0 Å². The van der Waals surface area contributed by atoms with E-state index >= 15 is 0 Å². The van der Waals surface area contributed by atoms with Gasteiger partial charge in [-0.3, -0.25) is 14.9 Å². The lowest BCUT2D eigenvalue weighted by Crippen LogP contribution is -2.44. The summed E-state index contributed by atoms with van der Waals surface area (Å²) in [6, 6.07) is 5.03. The molecular weight excluding hydrogens is 256 g/mol. The second kappa shape index (κ2) is 7.05. The number of carbonyl (C=O) groups is 2. The van der Waals surface area contributed by atoms with Crippen molar-refractivity contribution in [3.8, 4) is 0 Å². The first-order valence-corrected chi connectivity index (χ1v) is 6.64. The highest BCUT2D eigenvalue weighted by Gasteiger charge is 2.21. The molecule has 1 unspecified atom stereocenters. The first-order chi connectivity index (χ1) is 9.31. The minimum Gasteiger partial charge on any atom is -0.480 e. The van der Waals surface area contributed by atoms with Gasteiger partial charge in [0, 0.05) is 5.69 Å². The van der Waals surface area contributed by atoms with Crippen molar-refractivity contribution in [2.24, 2.45) is 5.92 Å². The standard InChI is InChI=1S/C15H22N2O3/c1-9(2)14(15(19)20)16-8-13(18)17-12-6-5-10(3)7-11(12)4/h5-7,9,14,16H,8H2,1-4H3,(H,17,18)(H,19,20). The summed E-state index contributed by atoms with van der Waals surface area (Å²) in [6.45, 7) is 7.48. The molecular formula is C15H22N2O3. The van der Waals surface area contributed by atoms with Gasteiger partial charge in [0.2, 0.25) is 5.91 Å². The number of aryl methyl sites for hydroxylation is 2. The summed E-state index contributed by atoms with van der Waals surface area (Å²) in [7, 11) is 0. The van der Waals surface area contributed by atoms with Crippen LogP contribution in [0.4, 0.5) is 5.69 Å². The van der Waals surface area contributed by atoms with Gasteiger partial charge in [-0.1, -0.05) is 31.5 Å². The number of amides is 1. The molecule has 0 aliphatic heterocycles. The van der Waals surface area contributed by atoms with E-state index in [0.717, 1.165) is 16.8 Å². The Kier molecular flexibility index (Phi) is 5.70. The third kappa shape index (κ3) is 4.66. The number of carboxylic acids is 1. The van der Waals surface area contributed by atoms with E-state index in [0.29, 0.717) is 0 Å². The number of carbonyl (C=O) groups excluding carboxylic acids is 1. The zero-order valence-electron chi connectivity index (χ0n) is 12.4. The maximum absolute atomic E-state index is 11.8. The van der Waals surface area contributed by atoms with Gasteiger partial charge >= 0.3 is 5.97 Å². The lowest BCUT2D eigenvalue weighted by atomic mass is 10.1. The van der Waals surface area contributed by atoms with Crippen molar-refractivity contribution in [1.82, 2.24) is 5.32 Å². The number of nitrogens with one attached hydrogen (secondary N) is 2. The van der Waals surface area contributed by atoms with E-state index in [-0.39, 0.29) is 18.4 Å². The molecule has 1 rings (SSSR count). The van der Waals surface area contributed by atoms with Crippen molar-refractivity contribution < 1.29 is 14.7 Å². The van der Waals surface area contributed by atoms with Crippen LogP contribution in [0.15, 0.2) is 18.2 Å². The van der Waals surface area contributed by atoms with Crippen molar-refractivity contribution in [3.05, 3.63) is 29.3 Å². The highest BCUT2D eigenvalue weighted by Crippen LogP contribution is 2.15. The highest BCUT2D eigenvalue weighted by molar-refractivity contribution is 5.93. The minimum atomic E-state index is -0.945. The molecule has 0 fully saturated rings. The summed E-state index contributed by atoms with van der Waals surface area (Å²) in [5.74, 6) is -1.27. The highest BCUT2D eigenvalue weighted by atomic mass is 16.4. The normalized spacial score (nSPS) is 12.2. The molecule has 0 spiro atoms. The van der Waals surface area contributed by atoms with Gasteiger partial charge in [0.1, 0.15) is 6.04 Å². The lowest BCUT2D eigenvalue weighted by molar-refractivity contribution is -0.140. The molecule has 3 N–H and O–H groups in total. The maximum Gasteiger partial charge on any atom is 0.320 e. The first-order valence-electron chi connectivity index (χ1n) is 6.64. The summed E-state index contributed by atoms with van der Waals surface area (Å²) < 4.78 is 0. The Hall–Kier alpha value is -1.88. The van der Waals surface area contributed by atoms with E-state index in [1.54, 1.807) is 13.8 Å². The van der Waals surface area contributed by atoms with E-state index in [1.807, 2.05) is 32.0 Å². The van der Waals surface area contributed by atoms with Crippen LogP contribution in [0.1, 0.15) is 25.0 Å². The number of anilines is 1. The molecule has 0 aliphatic carbocycles. The molecule has 0 aliphatic rings. The van der Waals surface area contributed by atoms with Gasteiger partial charge in [0.15, 0.2) is 0 Å². The Balaban J connectivity index is 2.57. The van der Waals surface area contributed by atoms with E-state index < -0.39 is 12.0 Å². The number of hydrogen-bond donors (Lipinski definition) is 3. The second-order valence-electron chi connectivity index (χ2n) is 5.31. The quantitative estimate of drug-likeness (QED) is 0.743. The monoisotopic (exact) mass is 278 g/mol. The lowest BCUT2D eigenvalue weighted by Gasteiger charge is -2.17. The van der Waals surface area contributed by atoms with Crippen molar-refractivity contribution in [2.75, 3.05) is 11.9 Å². The van der Waals surface area contributed by atoms with Crippen LogP contribution < -0.4 is 10.6 Å². The van der Waals surface area contributed by atoms with E-state index in [9.17, 15) is 9.59 Å². The molecule has 110 valence electrons. The SMILES string of the molecule is Cc1ccc(NC(=O)CNC(C(=O)O)C(C)C)c(C)c1. The predicted octanol–water partition coefficient (Wildman–Crippen LogP) is 1.94. The van der Waals surface area contributed by atoms with Gasteiger partial charge in [-0.15, -0.1) is 0 Å². The van der Waals surface area contributed by atoms with Crippen LogP contribution in [-0.4, -0.2) is 29.6 Å². The topological polar surface area (TPSA) is 78.4 Å². The Morgan fingerprint density at radius 1 is 1.25 bits per heavy atom. The van der Waals surface area contributed by atoms with Crippen LogP contribution in [0.25, 0.3) is 0 Å². The maximum atomic E-state index is 11.8. The molecule has 20 heavy (non-hydrogen) atoms. The minimum absolute atomic E-state index is 0.0253. The Morgan fingerprint density at radius 3 is 2.40 bits per heavy atom. The fraction of sp³-hybridized carbons (Fsp3) is 0.467. The number of benzene rings is 1. The summed E-state index contributed by atoms with van der Waals surface area (Å²) in [4.78, 5) is 22.8. The third-order valence-corrected chi connectivity index (χ3v) is 3.07. The summed E-state index contributed by atoms with van der Waals surface area (Å²) in [5.41, 5.74) is 2.86. The summed E-state index contributed by atoms with van der Waals surface area (Å²) in [5, 5.41) is 14.6. The Morgan fingerprint density at radius 2 is 1.90 bits per heavy atom. The summed E-state index contributed by atoms with van der Waals surface area (Å²) >= 11 is 0. The van der Waals surface area contributed by atoms with Crippen LogP contribution in [-0.2, 0) is 9.59 Å². The number of aliphatic carboxylic acids is 1. The third-order valence-electron chi connectivity index (χ3n) is 3.07. The van der Waals surface area contributed by atoms with Gasteiger partial charge in [-0.2, -0.15) is 0 Å². The van der Waals surface area contributed by atoms with Gasteiger partial charge in [-0.05, 0) is 31.4 Å². The fourth-order valence-electron chi connectivity index (χ4n) is 1.96. The van der Waals surface area contributed by atoms with Crippen molar-refractivity contribution in [1.29, 1.82) is 0 Å². The molecule has 5 nitrogen and oxygen atoms in total. The van der Waals surface area contributed by atoms with Gasteiger partial charge < -0.3 is 10.4 Å². The number of carboxylic acid groups (broad SMARTS) is 1. The zero-order chi connectivity index (χ0) is 15.3. The molecule has 0 radical (unpaired) electrons. The smallest absolute Gasteiger partial charge is 0.320 e. The van der Waals surface area contributed by atoms with Crippen molar-refractivity contribution in [2.45, 2.75) is 33.7 Å². The van der Waals surface area contributed by atoms with Crippen LogP contribution in [0.2, 0.25) is 0 Å². The molecule has 0 heterocycles. The zero-order valence-corrected chi connectivity index (χ0v) is 12.4. The van der Waals surface area contributed by atoms with Crippen molar-refractivity contribution in [3.63, 3.8) is 0 Å². The van der Waals surface area contributed by atoms with E-state index in [4.69, 9.17) is 5.11 Å². The molecule has 1 amide bonds.